The molecule has 1 fully saturated rings. The number of piperidine rings is 1. The molecule has 0 aliphatic carbocycles. The Labute approximate surface area is 236 Å². The topological polar surface area (TPSA) is 119 Å². The third kappa shape index (κ3) is 9.36. The number of aliphatic hydroxyl groups excluding tert-OH is 1. The molecule has 9 nitrogen and oxygen atoms in total. The predicted molar refractivity (Wildman–Crippen MR) is 159 cm³/mol. The standard InChI is InChI=1S/C31H43N5O4/c37-27(22-32-16-6-2-7-17-33-31(39)34-18-21-36-19-8-3-9-20-36)25-12-14-28(30-26(25)13-15-29(38)35-30)40-23-24-10-4-1-5-11-24/h1,4-5,10-15,27,32,37H,2-3,6-9,16-23H2,(H,35,38)(H2,33,34,39). The van der Waals surface area contributed by atoms with E-state index < -0.39 is 6.10 Å². The van der Waals surface area contributed by atoms with E-state index in [4.69, 9.17) is 4.74 Å². The number of hydrogen-bond donors (Lipinski definition) is 5. The number of nitrogens with one attached hydrogen (secondary N) is 4. The Hall–Kier alpha value is -3.40. The molecule has 1 aliphatic heterocycles. The highest BCUT2D eigenvalue weighted by Gasteiger charge is 2.15. The molecule has 1 unspecified atom stereocenters. The number of unbranched alkanes of at least 4 members (excludes halogenated alkanes) is 2. The molecular formula is C31H43N5O4. The van der Waals surface area contributed by atoms with Crippen molar-refractivity contribution in [1.82, 2.24) is 25.8 Å². The van der Waals surface area contributed by atoms with E-state index >= 15 is 0 Å². The second-order valence-corrected chi connectivity index (χ2v) is 10.4. The van der Waals surface area contributed by atoms with Crippen molar-refractivity contribution in [3.63, 3.8) is 0 Å². The van der Waals surface area contributed by atoms with Crippen molar-refractivity contribution in [2.75, 3.05) is 45.8 Å². The summed E-state index contributed by atoms with van der Waals surface area (Å²) >= 11 is 0. The summed E-state index contributed by atoms with van der Waals surface area (Å²) in [6.45, 7) is 6.10. The van der Waals surface area contributed by atoms with Crippen molar-refractivity contribution in [2.24, 2.45) is 0 Å². The van der Waals surface area contributed by atoms with Crippen LogP contribution in [0.15, 0.2) is 59.4 Å². The smallest absolute Gasteiger partial charge is 0.314 e. The summed E-state index contributed by atoms with van der Waals surface area (Å²) in [7, 11) is 0. The molecule has 2 aromatic carbocycles. The molecule has 40 heavy (non-hydrogen) atoms. The molecule has 1 atom stereocenters. The average molecular weight is 550 g/mol. The summed E-state index contributed by atoms with van der Waals surface area (Å²) in [4.78, 5) is 29.3. The van der Waals surface area contributed by atoms with Crippen LogP contribution in [0, 0.1) is 0 Å². The van der Waals surface area contributed by atoms with Crippen LogP contribution in [0.1, 0.15) is 55.8 Å². The molecular weight excluding hydrogens is 506 g/mol. The van der Waals surface area contributed by atoms with E-state index in [1.54, 1.807) is 12.1 Å². The van der Waals surface area contributed by atoms with Gasteiger partial charge in [0.25, 0.3) is 0 Å². The molecule has 1 aromatic heterocycles. The van der Waals surface area contributed by atoms with Crippen LogP contribution in [-0.2, 0) is 6.61 Å². The van der Waals surface area contributed by atoms with Crippen LogP contribution in [-0.4, -0.2) is 66.8 Å². The van der Waals surface area contributed by atoms with E-state index in [1.807, 2.05) is 36.4 Å². The highest BCUT2D eigenvalue weighted by atomic mass is 16.5. The first-order valence-corrected chi connectivity index (χ1v) is 14.6. The zero-order chi connectivity index (χ0) is 28.0. The first-order valence-electron chi connectivity index (χ1n) is 14.6. The molecule has 2 heterocycles. The molecule has 0 bridgehead atoms. The van der Waals surface area contributed by atoms with Gasteiger partial charge < -0.3 is 35.7 Å². The van der Waals surface area contributed by atoms with Crippen LogP contribution >= 0.6 is 0 Å². The Bertz CT molecular complexity index is 1240. The molecule has 2 amide bonds. The fraction of sp³-hybridized carbons (Fsp3) is 0.484. The molecule has 1 aliphatic rings. The second-order valence-electron chi connectivity index (χ2n) is 10.4. The van der Waals surface area contributed by atoms with Gasteiger partial charge in [-0.3, -0.25) is 4.79 Å². The van der Waals surface area contributed by atoms with Crippen LogP contribution in [0.3, 0.4) is 0 Å². The number of benzene rings is 2. The normalized spacial score (nSPS) is 14.6. The molecule has 0 saturated carbocycles. The van der Waals surface area contributed by atoms with Crippen molar-refractivity contribution in [3.05, 3.63) is 76.1 Å². The number of hydrogen-bond acceptors (Lipinski definition) is 6. The van der Waals surface area contributed by atoms with E-state index in [2.05, 4.69) is 25.8 Å². The van der Waals surface area contributed by atoms with Crippen LogP contribution < -0.4 is 26.2 Å². The lowest BCUT2D eigenvalue weighted by molar-refractivity contribution is 0.176. The van der Waals surface area contributed by atoms with E-state index in [-0.39, 0.29) is 11.6 Å². The summed E-state index contributed by atoms with van der Waals surface area (Å²) in [6, 6.07) is 16.6. The summed E-state index contributed by atoms with van der Waals surface area (Å²) in [5, 5.41) is 20.8. The van der Waals surface area contributed by atoms with Gasteiger partial charge in [0.05, 0.1) is 11.6 Å². The van der Waals surface area contributed by atoms with Gasteiger partial charge >= 0.3 is 6.03 Å². The number of ether oxygens (including phenoxy) is 1. The maximum absolute atomic E-state index is 12.0. The Morgan fingerprint density at radius 3 is 2.52 bits per heavy atom. The van der Waals surface area contributed by atoms with Crippen molar-refractivity contribution in [1.29, 1.82) is 0 Å². The largest absolute Gasteiger partial charge is 0.487 e. The molecule has 1 saturated heterocycles. The number of carbonyl (C=O) groups is 1. The monoisotopic (exact) mass is 549 g/mol. The lowest BCUT2D eigenvalue weighted by Gasteiger charge is -2.26. The molecule has 4 rings (SSSR count). The summed E-state index contributed by atoms with van der Waals surface area (Å²) in [6.07, 6.45) is 5.95. The zero-order valence-electron chi connectivity index (χ0n) is 23.3. The van der Waals surface area contributed by atoms with Gasteiger partial charge in [-0.2, -0.15) is 0 Å². The van der Waals surface area contributed by atoms with Gasteiger partial charge in [-0.05, 0) is 68.6 Å². The number of aromatic amines is 1. The van der Waals surface area contributed by atoms with Gasteiger partial charge in [-0.25, -0.2) is 4.79 Å². The summed E-state index contributed by atoms with van der Waals surface area (Å²) in [5.41, 5.74) is 2.14. The number of aromatic nitrogens is 1. The van der Waals surface area contributed by atoms with E-state index in [1.165, 1.54) is 25.3 Å². The van der Waals surface area contributed by atoms with Crippen LogP contribution in [0.25, 0.3) is 10.9 Å². The third-order valence-corrected chi connectivity index (χ3v) is 7.30. The van der Waals surface area contributed by atoms with Gasteiger partial charge in [0, 0.05) is 37.6 Å². The zero-order valence-corrected chi connectivity index (χ0v) is 23.3. The minimum absolute atomic E-state index is 0.0942. The first-order chi connectivity index (χ1) is 19.6. The second kappa shape index (κ2) is 16.0. The quantitative estimate of drug-likeness (QED) is 0.185. The number of amides is 2. The Morgan fingerprint density at radius 2 is 1.70 bits per heavy atom. The average Bonchev–Trinajstić information content (AvgIpc) is 2.98. The number of likely N-dealkylation sites (tertiary alicyclic amines) is 1. The lowest BCUT2D eigenvalue weighted by Crippen LogP contribution is -2.41. The lowest BCUT2D eigenvalue weighted by atomic mass is 10.0. The van der Waals surface area contributed by atoms with Gasteiger partial charge in [-0.15, -0.1) is 0 Å². The van der Waals surface area contributed by atoms with Crippen molar-refractivity contribution >= 4 is 16.9 Å². The highest BCUT2D eigenvalue weighted by molar-refractivity contribution is 5.87. The van der Waals surface area contributed by atoms with Crippen molar-refractivity contribution in [2.45, 2.75) is 51.2 Å². The molecule has 0 spiro atoms. The van der Waals surface area contributed by atoms with E-state index in [0.717, 1.165) is 62.0 Å². The van der Waals surface area contributed by atoms with Gasteiger partial charge in [0.15, 0.2) is 0 Å². The maximum atomic E-state index is 12.0. The number of nitrogens with zero attached hydrogens (tertiary/aromatic N) is 1. The van der Waals surface area contributed by atoms with E-state index in [9.17, 15) is 14.7 Å². The van der Waals surface area contributed by atoms with E-state index in [0.29, 0.717) is 37.5 Å². The minimum Gasteiger partial charge on any atom is -0.487 e. The van der Waals surface area contributed by atoms with Crippen molar-refractivity contribution in [3.8, 4) is 5.75 Å². The number of aliphatic hydroxyl groups is 1. The fourth-order valence-corrected chi connectivity index (χ4v) is 5.07. The van der Waals surface area contributed by atoms with Crippen LogP contribution in [0.5, 0.6) is 5.75 Å². The Balaban J connectivity index is 1.13. The summed E-state index contributed by atoms with van der Waals surface area (Å²) in [5.74, 6) is 0.574. The maximum Gasteiger partial charge on any atom is 0.314 e. The number of pyridine rings is 1. The SMILES string of the molecule is O=C(NCCCCCNCC(O)c1ccc(OCc2ccccc2)c2[nH]c(=O)ccc12)NCCN1CCCCC1. The van der Waals surface area contributed by atoms with Gasteiger partial charge in [0.1, 0.15) is 12.4 Å². The number of fused-ring (bicyclic) bond motifs is 1. The van der Waals surface area contributed by atoms with Crippen molar-refractivity contribution < 1.29 is 14.6 Å². The number of rotatable bonds is 15. The molecule has 216 valence electrons. The number of urea groups is 1. The Morgan fingerprint density at radius 1 is 0.925 bits per heavy atom. The number of carbonyl (C=O) groups excluding carboxylic acids is 1. The van der Waals surface area contributed by atoms with Crippen LogP contribution in [0.4, 0.5) is 4.79 Å². The van der Waals surface area contributed by atoms with Crippen LogP contribution in [0.2, 0.25) is 0 Å². The minimum atomic E-state index is -0.730. The number of H-pyrrole nitrogens is 1. The van der Waals surface area contributed by atoms with Gasteiger partial charge in [0.2, 0.25) is 5.56 Å². The fourth-order valence-electron chi connectivity index (χ4n) is 5.07. The molecule has 9 heteroatoms. The highest BCUT2D eigenvalue weighted by Crippen LogP contribution is 2.30. The third-order valence-electron chi connectivity index (χ3n) is 7.30. The molecule has 5 N–H and O–H groups in total. The Kier molecular flexibility index (Phi) is 11.8. The predicted octanol–water partition coefficient (Wildman–Crippen LogP) is 3.69. The molecule has 0 radical (unpaired) electrons. The van der Waals surface area contributed by atoms with Gasteiger partial charge in [-0.1, -0.05) is 49.2 Å². The summed E-state index contributed by atoms with van der Waals surface area (Å²) < 4.78 is 6.00. The molecule has 3 aromatic rings. The first kappa shape index (κ1) is 29.6.